The van der Waals surface area contributed by atoms with Gasteiger partial charge in [0.25, 0.3) is 5.91 Å². The normalized spacial score (nSPS) is 10.2. The minimum absolute atomic E-state index is 0.213. The number of carbonyl (C=O) groups excluding carboxylic acids is 1. The van der Waals surface area contributed by atoms with Crippen molar-refractivity contribution in [2.75, 3.05) is 12.8 Å². The van der Waals surface area contributed by atoms with Crippen LogP contribution in [-0.4, -0.2) is 18.0 Å². The number of nitrogen functional groups attached to an aromatic ring is 1. The summed E-state index contributed by atoms with van der Waals surface area (Å²) in [5.41, 5.74) is 6.65. The van der Waals surface area contributed by atoms with Crippen molar-refractivity contribution < 1.29 is 9.53 Å². The molecule has 3 N–H and O–H groups in total. The molecule has 6 heteroatoms. The van der Waals surface area contributed by atoms with Crippen molar-refractivity contribution >= 4 is 22.9 Å². The molecule has 1 aromatic carbocycles. The maximum atomic E-state index is 12.1. The SMILES string of the molecule is COc1ccc(N)cc1C(=O)NCc1cnc(C)s1. The van der Waals surface area contributed by atoms with E-state index in [0.29, 0.717) is 23.5 Å². The van der Waals surface area contributed by atoms with Gasteiger partial charge in [-0.25, -0.2) is 4.98 Å². The number of rotatable bonds is 4. The average molecular weight is 277 g/mol. The zero-order valence-electron chi connectivity index (χ0n) is 10.8. The maximum absolute atomic E-state index is 12.1. The molecule has 0 fully saturated rings. The first-order valence-electron chi connectivity index (χ1n) is 5.73. The number of hydrogen-bond donors (Lipinski definition) is 2. The Bertz CT molecular complexity index is 595. The Morgan fingerprint density at radius 1 is 1.53 bits per heavy atom. The minimum atomic E-state index is -0.213. The predicted octanol–water partition coefficient (Wildman–Crippen LogP) is 1.97. The van der Waals surface area contributed by atoms with E-state index in [1.54, 1.807) is 35.7 Å². The molecule has 0 aliphatic heterocycles. The summed E-state index contributed by atoms with van der Waals surface area (Å²) in [6.07, 6.45) is 1.76. The number of hydrogen-bond acceptors (Lipinski definition) is 5. The first-order valence-corrected chi connectivity index (χ1v) is 6.55. The van der Waals surface area contributed by atoms with E-state index in [4.69, 9.17) is 10.5 Å². The number of nitrogens with zero attached hydrogens (tertiary/aromatic N) is 1. The molecule has 100 valence electrons. The van der Waals surface area contributed by atoms with Crippen molar-refractivity contribution in [2.45, 2.75) is 13.5 Å². The number of thiazole rings is 1. The molecule has 0 saturated carbocycles. The quantitative estimate of drug-likeness (QED) is 0.838. The van der Waals surface area contributed by atoms with Crippen LogP contribution in [0.1, 0.15) is 20.2 Å². The lowest BCUT2D eigenvalue weighted by molar-refractivity contribution is 0.0948. The summed E-state index contributed by atoms with van der Waals surface area (Å²) in [4.78, 5) is 17.2. The van der Waals surface area contributed by atoms with E-state index in [2.05, 4.69) is 10.3 Å². The summed E-state index contributed by atoms with van der Waals surface area (Å²) in [6, 6.07) is 4.98. The number of carbonyl (C=O) groups is 1. The molecule has 1 heterocycles. The Morgan fingerprint density at radius 3 is 2.95 bits per heavy atom. The maximum Gasteiger partial charge on any atom is 0.255 e. The summed E-state index contributed by atoms with van der Waals surface area (Å²) in [6.45, 7) is 2.37. The van der Waals surface area contributed by atoms with E-state index in [0.717, 1.165) is 9.88 Å². The molecule has 2 rings (SSSR count). The molecule has 0 saturated heterocycles. The highest BCUT2D eigenvalue weighted by Gasteiger charge is 2.12. The third kappa shape index (κ3) is 3.23. The Hall–Kier alpha value is -2.08. The second-order valence-corrected chi connectivity index (χ2v) is 5.31. The van der Waals surface area contributed by atoms with Gasteiger partial charge in [0.1, 0.15) is 5.75 Å². The number of aromatic nitrogens is 1. The standard InChI is InChI=1S/C13H15N3O2S/c1-8-15-6-10(19-8)7-16-13(17)11-5-9(14)3-4-12(11)18-2/h3-6H,7,14H2,1-2H3,(H,16,17). The highest BCUT2D eigenvalue weighted by Crippen LogP contribution is 2.21. The van der Waals surface area contributed by atoms with Crippen LogP contribution in [-0.2, 0) is 6.54 Å². The van der Waals surface area contributed by atoms with Crippen LogP contribution in [0.4, 0.5) is 5.69 Å². The molecule has 0 spiro atoms. The first kappa shape index (κ1) is 13.4. The molecule has 0 atom stereocenters. The number of methoxy groups -OCH3 is 1. The van der Waals surface area contributed by atoms with Gasteiger partial charge < -0.3 is 15.8 Å². The molecular formula is C13H15N3O2S. The van der Waals surface area contributed by atoms with Gasteiger partial charge in [0.15, 0.2) is 0 Å². The molecule has 0 bridgehead atoms. The van der Waals surface area contributed by atoms with E-state index in [1.807, 2.05) is 6.92 Å². The van der Waals surface area contributed by atoms with E-state index in [-0.39, 0.29) is 5.91 Å². The van der Waals surface area contributed by atoms with Crippen molar-refractivity contribution in [3.8, 4) is 5.75 Å². The van der Waals surface area contributed by atoms with Gasteiger partial charge in [-0.1, -0.05) is 0 Å². The third-order valence-corrected chi connectivity index (χ3v) is 3.47. The summed E-state index contributed by atoms with van der Waals surface area (Å²) < 4.78 is 5.15. The average Bonchev–Trinajstić information content (AvgIpc) is 2.81. The predicted molar refractivity (Wildman–Crippen MR) is 75.4 cm³/mol. The van der Waals surface area contributed by atoms with Crippen LogP contribution in [0.25, 0.3) is 0 Å². The third-order valence-electron chi connectivity index (χ3n) is 2.56. The van der Waals surface area contributed by atoms with Gasteiger partial charge in [-0.2, -0.15) is 0 Å². The zero-order valence-corrected chi connectivity index (χ0v) is 11.6. The second-order valence-electron chi connectivity index (χ2n) is 3.99. The van der Waals surface area contributed by atoms with Gasteiger partial charge in [-0.05, 0) is 25.1 Å². The van der Waals surface area contributed by atoms with E-state index < -0.39 is 0 Å². The molecule has 2 aromatic rings. The molecule has 1 aromatic heterocycles. The number of amides is 1. The zero-order chi connectivity index (χ0) is 13.8. The van der Waals surface area contributed by atoms with Crippen LogP contribution >= 0.6 is 11.3 Å². The molecular weight excluding hydrogens is 262 g/mol. The summed E-state index contributed by atoms with van der Waals surface area (Å²) in [5.74, 6) is 0.294. The lowest BCUT2D eigenvalue weighted by Gasteiger charge is -2.09. The molecule has 0 aliphatic carbocycles. The second kappa shape index (κ2) is 5.71. The minimum Gasteiger partial charge on any atom is -0.496 e. The van der Waals surface area contributed by atoms with Gasteiger partial charge in [0, 0.05) is 16.8 Å². The van der Waals surface area contributed by atoms with Crippen LogP contribution in [0.3, 0.4) is 0 Å². The number of nitrogens with two attached hydrogens (primary N) is 1. The molecule has 0 radical (unpaired) electrons. The number of nitrogens with one attached hydrogen (secondary N) is 1. The van der Waals surface area contributed by atoms with Crippen LogP contribution in [0.15, 0.2) is 24.4 Å². The van der Waals surface area contributed by atoms with Gasteiger partial charge in [-0.15, -0.1) is 11.3 Å². The van der Waals surface area contributed by atoms with Crippen molar-refractivity contribution in [2.24, 2.45) is 0 Å². The Morgan fingerprint density at radius 2 is 2.32 bits per heavy atom. The van der Waals surface area contributed by atoms with Crippen molar-refractivity contribution in [1.82, 2.24) is 10.3 Å². The van der Waals surface area contributed by atoms with Crippen LogP contribution in [0, 0.1) is 6.92 Å². The van der Waals surface area contributed by atoms with Crippen molar-refractivity contribution in [1.29, 1.82) is 0 Å². The number of aryl methyl sites for hydroxylation is 1. The molecule has 1 amide bonds. The molecule has 0 unspecified atom stereocenters. The van der Waals surface area contributed by atoms with Crippen LogP contribution in [0.5, 0.6) is 5.75 Å². The Labute approximate surface area is 115 Å². The lowest BCUT2D eigenvalue weighted by Crippen LogP contribution is -2.23. The van der Waals surface area contributed by atoms with Crippen LogP contribution < -0.4 is 15.8 Å². The largest absolute Gasteiger partial charge is 0.496 e. The highest BCUT2D eigenvalue weighted by atomic mass is 32.1. The van der Waals surface area contributed by atoms with Crippen molar-refractivity contribution in [3.63, 3.8) is 0 Å². The number of ether oxygens (including phenoxy) is 1. The van der Waals surface area contributed by atoms with Gasteiger partial charge in [0.2, 0.25) is 0 Å². The fourth-order valence-electron chi connectivity index (χ4n) is 1.65. The first-order chi connectivity index (χ1) is 9.10. The smallest absolute Gasteiger partial charge is 0.255 e. The van der Waals surface area contributed by atoms with E-state index in [9.17, 15) is 4.79 Å². The summed E-state index contributed by atoms with van der Waals surface area (Å²) in [7, 11) is 1.52. The van der Waals surface area contributed by atoms with Crippen molar-refractivity contribution in [3.05, 3.63) is 39.8 Å². The highest BCUT2D eigenvalue weighted by molar-refractivity contribution is 7.11. The van der Waals surface area contributed by atoms with E-state index in [1.165, 1.54) is 7.11 Å². The van der Waals surface area contributed by atoms with Gasteiger partial charge in [-0.3, -0.25) is 4.79 Å². The Kier molecular flexibility index (Phi) is 4.01. The molecule has 5 nitrogen and oxygen atoms in total. The number of anilines is 1. The van der Waals surface area contributed by atoms with Gasteiger partial charge in [0.05, 0.1) is 24.2 Å². The monoisotopic (exact) mass is 277 g/mol. The molecule has 19 heavy (non-hydrogen) atoms. The van der Waals surface area contributed by atoms with Gasteiger partial charge >= 0.3 is 0 Å². The number of benzene rings is 1. The molecule has 0 aliphatic rings. The van der Waals surface area contributed by atoms with Crippen LogP contribution in [0.2, 0.25) is 0 Å². The summed E-state index contributed by atoms with van der Waals surface area (Å²) >= 11 is 1.56. The fourth-order valence-corrected chi connectivity index (χ4v) is 2.39. The lowest BCUT2D eigenvalue weighted by atomic mass is 10.1. The van der Waals surface area contributed by atoms with E-state index >= 15 is 0 Å². The Balaban J connectivity index is 2.09. The summed E-state index contributed by atoms with van der Waals surface area (Å²) in [5, 5.41) is 3.80. The fraction of sp³-hybridized carbons (Fsp3) is 0.231. The topological polar surface area (TPSA) is 77.2 Å².